The average molecular weight is 332 g/mol. The minimum atomic E-state index is -3.77. The molecule has 0 unspecified atom stereocenters. The van der Waals surface area contributed by atoms with E-state index >= 15 is 0 Å². The Bertz CT molecular complexity index is 715. The van der Waals surface area contributed by atoms with Crippen molar-refractivity contribution in [3.8, 4) is 5.75 Å². The largest absolute Gasteiger partial charge is 0.487 e. The molecule has 0 fully saturated rings. The van der Waals surface area contributed by atoms with Crippen molar-refractivity contribution in [1.82, 2.24) is 0 Å². The normalized spacial score (nSPS) is 11.3. The maximum absolute atomic E-state index is 11.2. The van der Waals surface area contributed by atoms with Gasteiger partial charge in [0.2, 0.25) is 10.0 Å². The summed E-state index contributed by atoms with van der Waals surface area (Å²) in [6.07, 6.45) is 0. The number of sulfonamides is 1. The molecule has 2 rings (SSSR count). The zero-order valence-corrected chi connectivity index (χ0v) is 12.5. The zero-order chi connectivity index (χ0) is 14.8. The summed E-state index contributed by atoms with van der Waals surface area (Å²) in [4.78, 5) is -0.0543. The van der Waals surface area contributed by atoms with Gasteiger partial charge in [0.15, 0.2) is 0 Å². The summed E-state index contributed by atoms with van der Waals surface area (Å²) in [6, 6.07) is 11.2. The molecular formula is C13H11Cl2NO3S. The second-order valence-corrected chi connectivity index (χ2v) is 6.46. The highest BCUT2D eigenvalue weighted by atomic mass is 35.5. The van der Waals surface area contributed by atoms with Gasteiger partial charge in [-0.05, 0) is 35.9 Å². The molecule has 0 radical (unpaired) electrons. The Morgan fingerprint density at radius 1 is 1.05 bits per heavy atom. The minimum absolute atomic E-state index is 0.0543. The Morgan fingerprint density at radius 2 is 1.70 bits per heavy atom. The van der Waals surface area contributed by atoms with Gasteiger partial charge in [0.1, 0.15) is 12.4 Å². The summed E-state index contributed by atoms with van der Waals surface area (Å²) in [6.45, 7) is 0.297. The van der Waals surface area contributed by atoms with Crippen LogP contribution in [-0.4, -0.2) is 8.42 Å². The SMILES string of the molecule is NS(=O)(=O)c1ccc(OCc2ccc(Cl)cc2)c(Cl)c1. The molecule has 7 heteroatoms. The van der Waals surface area contributed by atoms with E-state index < -0.39 is 10.0 Å². The summed E-state index contributed by atoms with van der Waals surface area (Å²) in [5.74, 6) is 0.383. The monoisotopic (exact) mass is 331 g/mol. The number of hydrogen-bond acceptors (Lipinski definition) is 3. The van der Waals surface area contributed by atoms with Crippen LogP contribution in [0.2, 0.25) is 10.0 Å². The second kappa shape index (κ2) is 6.01. The smallest absolute Gasteiger partial charge is 0.238 e. The van der Waals surface area contributed by atoms with Crippen LogP contribution in [0.15, 0.2) is 47.4 Å². The Kier molecular flexibility index (Phi) is 4.55. The molecule has 0 bridgehead atoms. The molecular weight excluding hydrogens is 321 g/mol. The first kappa shape index (κ1) is 15.1. The van der Waals surface area contributed by atoms with E-state index in [0.29, 0.717) is 17.4 Å². The average Bonchev–Trinajstić information content (AvgIpc) is 2.38. The summed E-state index contributed by atoms with van der Waals surface area (Å²) < 4.78 is 27.9. The van der Waals surface area contributed by atoms with E-state index in [0.717, 1.165) is 5.56 Å². The summed E-state index contributed by atoms with van der Waals surface area (Å²) in [7, 11) is -3.77. The fourth-order valence-corrected chi connectivity index (χ4v) is 2.48. The highest BCUT2D eigenvalue weighted by molar-refractivity contribution is 7.89. The van der Waals surface area contributed by atoms with E-state index in [-0.39, 0.29) is 9.92 Å². The molecule has 0 amide bonds. The quantitative estimate of drug-likeness (QED) is 0.935. The topological polar surface area (TPSA) is 69.4 Å². The molecule has 0 atom stereocenters. The first-order valence-electron chi connectivity index (χ1n) is 5.56. The third-order valence-electron chi connectivity index (χ3n) is 2.54. The molecule has 0 aromatic heterocycles. The minimum Gasteiger partial charge on any atom is -0.487 e. The van der Waals surface area contributed by atoms with E-state index in [1.54, 1.807) is 12.1 Å². The molecule has 2 aromatic rings. The molecule has 20 heavy (non-hydrogen) atoms. The van der Waals surface area contributed by atoms with Crippen LogP contribution in [0.25, 0.3) is 0 Å². The van der Waals surface area contributed by atoms with Gasteiger partial charge in [-0.1, -0.05) is 35.3 Å². The highest BCUT2D eigenvalue weighted by Gasteiger charge is 2.11. The van der Waals surface area contributed by atoms with Crippen molar-refractivity contribution in [1.29, 1.82) is 0 Å². The molecule has 0 aliphatic rings. The van der Waals surface area contributed by atoms with Gasteiger partial charge in [0, 0.05) is 5.02 Å². The number of ether oxygens (including phenoxy) is 1. The molecule has 0 spiro atoms. The van der Waals surface area contributed by atoms with Gasteiger partial charge < -0.3 is 4.74 Å². The van der Waals surface area contributed by atoms with Crippen molar-refractivity contribution in [2.75, 3.05) is 0 Å². The van der Waals surface area contributed by atoms with Gasteiger partial charge >= 0.3 is 0 Å². The first-order chi connectivity index (χ1) is 9.36. The first-order valence-corrected chi connectivity index (χ1v) is 7.86. The van der Waals surface area contributed by atoms with Gasteiger partial charge in [-0.3, -0.25) is 0 Å². The van der Waals surface area contributed by atoms with Crippen molar-refractivity contribution in [2.45, 2.75) is 11.5 Å². The molecule has 0 aliphatic carbocycles. The summed E-state index contributed by atoms with van der Waals surface area (Å²) >= 11 is 11.7. The fourth-order valence-electron chi connectivity index (χ4n) is 1.52. The number of primary sulfonamides is 1. The van der Waals surface area contributed by atoms with Gasteiger partial charge in [0.05, 0.1) is 9.92 Å². The van der Waals surface area contributed by atoms with Crippen LogP contribution in [0.4, 0.5) is 0 Å². The van der Waals surface area contributed by atoms with Gasteiger partial charge in [-0.2, -0.15) is 0 Å². The zero-order valence-electron chi connectivity index (χ0n) is 10.2. The third kappa shape index (κ3) is 3.86. The molecule has 106 valence electrons. The van der Waals surface area contributed by atoms with Gasteiger partial charge in [0.25, 0.3) is 0 Å². The van der Waals surface area contributed by atoms with Crippen LogP contribution in [-0.2, 0) is 16.6 Å². The van der Waals surface area contributed by atoms with E-state index in [4.69, 9.17) is 33.1 Å². The van der Waals surface area contributed by atoms with Crippen LogP contribution in [0, 0.1) is 0 Å². The molecule has 2 aromatic carbocycles. The second-order valence-electron chi connectivity index (χ2n) is 4.05. The maximum atomic E-state index is 11.2. The maximum Gasteiger partial charge on any atom is 0.238 e. The molecule has 0 aliphatic heterocycles. The Labute approximate surface area is 127 Å². The fraction of sp³-hybridized carbons (Fsp3) is 0.0769. The number of rotatable bonds is 4. The Balaban J connectivity index is 2.12. The van der Waals surface area contributed by atoms with Gasteiger partial charge in [-0.25, -0.2) is 13.6 Å². The molecule has 0 saturated heterocycles. The lowest BCUT2D eigenvalue weighted by atomic mass is 10.2. The van der Waals surface area contributed by atoms with E-state index in [2.05, 4.69) is 0 Å². The standard InChI is InChI=1S/C13H11Cl2NO3S/c14-10-3-1-9(2-4-10)8-19-13-6-5-11(7-12(13)15)20(16,17)18/h1-7H,8H2,(H2,16,17,18). The number of hydrogen-bond donors (Lipinski definition) is 1. The van der Waals surface area contributed by atoms with Crippen molar-refractivity contribution in [3.63, 3.8) is 0 Å². The van der Waals surface area contributed by atoms with E-state index in [1.807, 2.05) is 12.1 Å². The lowest BCUT2D eigenvalue weighted by molar-refractivity contribution is 0.306. The summed E-state index contributed by atoms with van der Waals surface area (Å²) in [5.41, 5.74) is 0.918. The van der Waals surface area contributed by atoms with Crippen LogP contribution in [0.1, 0.15) is 5.56 Å². The summed E-state index contributed by atoms with van der Waals surface area (Å²) in [5, 5.41) is 5.84. The third-order valence-corrected chi connectivity index (χ3v) is 4.00. The Hall–Kier alpha value is -1.27. The number of halogens is 2. The predicted octanol–water partition coefficient (Wildman–Crippen LogP) is 3.22. The molecule has 0 saturated carbocycles. The number of nitrogens with two attached hydrogens (primary N) is 1. The van der Waals surface area contributed by atoms with Crippen LogP contribution >= 0.6 is 23.2 Å². The van der Waals surface area contributed by atoms with Crippen LogP contribution < -0.4 is 9.88 Å². The molecule has 2 N–H and O–H groups in total. The molecule has 4 nitrogen and oxygen atoms in total. The van der Waals surface area contributed by atoms with E-state index in [9.17, 15) is 8.42 Å². The van der Waals surface area contributed by atoms with Crippen molar-refractivity contribution in [3.05, 3.63) is 58.1 Å². The van der Waals surface area contributed by atoms with Crippen molar-refractivity contribution < 1.29 is 13.2 Å². The lowest BCUT2D eigenvalue weighted by Gasteiger charge is -2.09. The van der Waals surface area contributed by atoms with E-state index in [1.165, 1.54) is 18.2 Å². The van der Waals surface area contributed by atoms with Crippen molar-refractivity contribution in [2.24, 2.45) is 5.14 Å². The lowest BCUT2D eigenvalue weighted by Crippen LogP contribution is -2.12. The van der Waals surface area contributed by atoms with Gasteiger partial charge in [-0.15, -0.1) is 0 Å². The van der Waals surface area contributed by atoms with Crippen LogP contribution in [0.3, 0.4) is 0 Å². The van der Waals surface area contributed by atoms with Crippen molar-refractivity contribution >= 4 is 33.2 Å². The highest BCUT2D eigenvalue weighted by Crippen LogP contribution is 2.27. The molecule has 0 heterocycles. The Morgan fingerprint density at radius 3 is 2.25 bits per heavy atom. The number of benzene rings is 2. The predicted molar refractivity (Wildman–Crippen MR) is 78.6 cm³/mol. The van der Waals surface area contributed by atoms with Crippen LogP contribution in [0.5, 0.6) is 5.75 Å².